The number of anilines is 3. The second kappa shape index (κ2) is 4.99. The number of carbonyl (C=O) groups is 1. The van der Waals surface area contributed by atoms with Crippen LogP contribution in [-0.2, 0) is 4.79 Å². The minimum atomic E-state index is -0.0517. The van der Waals surface area contributed by atoms with Crippen molar-refractivity contribution in [1.82, 2.24) is 0 Å². The van der Waals surface area contributed by atoms with E-state index in [1.165, 1.54) is 0 Å². The van der Waals surface area contributed by atoms with E-state index in [-0.39, 0.29) is 12.5 Å². The predicted molar refractivity (Wildman–Crippen MR) is 80.9 cm³/mol. The number of hydrogen-bond donors (Lipinski definition) is 1. The van der Waals surface area contributed by atoms with Crippen LogP contribution >= 0.6 is 15.9 Å². The summed E-state index contributed by atoms with van der Waals surface area (Å²) in [7, 11) is 0. The van der Waals surface area contributed by atoms with Crippen LogP contribution < -0.4 is 10.2 Å². The molecule has 1 amide bonds. The number of nitrogens with zero attached hydrogens (tertiary/aromatic N) is 2. The van der Waals surface area contributed by atoms with Crippen LogP contribution in [0.5, 0.6) is 0 Å². The quantitative estimate of drug-likeness (QED) is 0.873. The Kier molecular flexibility index (Phi) is 3.17. The van der Waals surface area contributed by atoms with Crippen LogP contribution in [0.25, 0.3) is 0 Å². The number of fused-ring (bicyclic) bond motifs is 1. The second-order valence-corrected chi connectivity index (χ2v) is 5.28. The van der Waals surface area contributed by atoms with E-state index < -0.39 is 0 Å². The van der Waals surface area contributed by atoms with Crippen LogP contribution in [0.3, 0.4) is 0 Å². The highest BCUT2D eigenvalue weighted by Crippen LogP contribution is 2.36. The molecule has 1 heterocycles. The van der Waals surface area contributed by atoms with Gasteiger partial charge in [0.2, 0.25) is 5.91 Å². The third kappa shape index (κ3) is 2.15. The second-order valence-electron chi connectivity index (χ2n) is 4.43. The Morgan fingerprint density at radius 2 is 2.05 bits per heavy atom. The minimum absolute atomic E-state index is 0.0517. The average Bonchev–Trinajstić information content (AvgIpc) is 2.46. The summed E-state index contributed by atoms with van der Waals surface area (Å²) in [5, 5.41) is 11.8. The van der Waals surface area contributed by atoms with Gasteiger partial charge in [-0.15, -0.1) is 0 Å². The van der Waals surface area contributed by atoms with E-state index in [9.17, 15) is 4.79 Å². The maximum atomic E-state index is 11.8. The summed E-state index contributed by atoms with van der Waals surface area (Å²) in [5.74, 6) is -0.0517. The van der Waals surface area contributed by atoms with Crippen molar-refractivity contribution in [2.24, 2.45) is 0 Å². The molecule has 2 aromatic rings. The lowest BCUT2D eigenvalue weighted by atomic mass is 10.1. The number of carbonyl (C=O) groups excluding carboxylic acids is 1. The first-order valence-electron chi connectivity index (χ1n) is 6.05. The molecule has 0 spiro atoms. The third-order valence-corrected chi connectivity index (χ3v) is 3.81. The Morgan fingerprint density at radius 3 is 2.80 bits per heavy atom. The van der Waals surface area contributed by atoms with Crippen LogP contribution in [0.1, 0.15) is 5.56 Å². The Bertz CT molecular complexity index is 736. The number of nitrogens with one attached hydrogen (secondary N) is 1. The van der Waals surface area contributed by atoms with E-state index in [1.54, 1.807) is 6.07 Å². The molecule has 1 N–H and O–H groups in total. The largest absolute Gasteiger partial charge is 0.330 e. The molecule has 0 unspecified atom stereocenters. The lowest BCUT2D eigenvalue weighted by Crippen LogP contribution is -2.34. The van der Waals surface area contributed by atoms with Gasteiger partial charge >= 0.3 is 0 Å². The standard InChI is InChI=1S/C15H10BrN3O/c16-12-7-11(6-5-10(12)8-17)19-9-15(20)18-13-3-1-2-4-14(13)19/h1-7H,9H2,(H,18,20). The fraction of sp³-hybridized carbons (Fsp3) is 0.0667. The number of benzene rings is 2. The van der Waals surface area contributed by atoms with Gasteiger partial charge in [0.15, 0.2) is 0 Å². The fourth-order valence-electron chi connectivity index (χ4n) is 2.23. The van der Waals surface area contributed by atoms with Gasteiger partial charge in [0.25, 0.3) is 0 Å². The first-order valence-corrected chi connectivity index (χ1v) is 6.84. The lowest BCUT2D eigenvalue weighted by molar-refractivity contribution is -0.115. The zero-order valence-corrected chi connectivity index (χ0v) is 12.0. The highest BCUT2D eigenvalue weighted by atomic mass is 79.9. The molecule has 0 saturated heterocycles. The summed E-state index contributed by atoms with van der Waals surface area (Å²) in [6, 6.07) is 15.2. The van der Waals surface area contributed by atoms with Crippen molar-refractivity contribution in [3.05, 3.63) is 52.5 Å². The normalized spacial score (nSPS) is 13.4. The number of halogens is 1. The van der Waals surface area contributed by atoms with Gasteiger partial charge in [0.05, 0.1) is 16.9 Å². The SMILES string of the molecule is N#Cc1ccc(N2CC(=O)Nc3ccccc32)cc1Br. The molecule has 0 saturated carbocycles. The molecule has 4 nitrogen and oxygen atoms in total. The Labute approximate surface area is 124 Å². The van der Waals surface area contributed by atoms with Crippen LogP contribution in [-0.4, -0.2) is 12.5 Å². The first kappa shape index (κ1) is 12.7. The Hall–Kier alpha value is -2.32. The van der Waals surface area contributed by atoms with Crippen molar-refractivity contribution in [2.75, 3.05) is 16.8 Å². The summed E-state index contributed by atoms with van der Waals surface area (Å²) in [5.41, 5.74) is 3.19. The summed E-state index contributed by atoms with van der Waals surface area (Å²) in [6.07, 6.45) is 0. The van der Waals surface area contributed by atoms with E-state index in [0.717, 1.165) is 21.5 Å². The van der Waals surface area contributed by atoms with Crippen LogP contribution in [0.15, 0.2) is 46.9 Å². The number of amides is 1. The predicted octanol–water partition coefficient (Wildman–Crippen LogP) is 3.41. The van der Waals surface area contributed by atoms with Crippen molar-refractivity contribution < 1.29 is 4.79 Å². The summed E-state index contributed by atoms with van der Waals surface area (Å²) >= 11 is 3.38. The Morgan fingerprint density at radius 1 is 1.25 bits per heavy atom. The molecule has 0 bridgehead atoms. The molecule has 0 radical (unpaired) electrons. The van der Waals surface area contributed by atoms with Gasteiger partial charge in [0, 0.05) is 10.2 Å². The van der Waals surface area contributed by atoms with Gasteiger partial charge in [0.1, 0.15) is 12.6 Å². The fourth-order valence-corrected chi connectivity index (χ4v) is 2.68. The minimum Gasteiger partial charge on any atom is -0.330 e. The van der Waals surface area contributed by atoms with Gasteiger partial charge in [-0.05, 0) is 46.3 Å². The van der Waals surface area contributed by atoms with E-state index in [1.807, 2.05) is 41.3 Å². The molecule has 1 aliphatic rings. The monoisotopic (exact) mass is 327 g/mol. The van der Waals surface area contributed by atoms with Crippen molar-refractivity contribution in [3.8, 4) is 6.07 Å². The zero-order valence-electron chi connectivity index (χ0n) is 10.4. The average molecular weight is 328 g/mol. The van der Waals surface area contributed by atoms with Crippen molar-refractivity contribution >= 4 is 38.9 Å². The molecule has 3 rings (SSSR count). The first-order chi connectivity index (χ1) is 9.69. The maximum Gasteiger partial charge on any atom is 0.244 e. The smallest absolute Gasteiger partial charge is 0.244 e. The van der Waals surface area contributed by atoms with Crippen LogP contribution in [0.2, 0.25) is 0 Å². The molecule has 20 heavy (non-hydrogen) atoms. The number of rotatable bonds is 1. The van der Waals surface area contributed by atoms with Gasteiger partial charge in [-0.3, -0.25) is 4.79 Å². The summed E-state index contributed by atoms with van der Waals surface area (Å²) in [6.45, 7) is 0.259. The molecule has 2 aromatic carbocycles. The van der Waals surface area contributed by atoms with Crippen LogP contribution in [0.4, 0.5) is 17.1 Å². The molecule has 0 atom stereocenters. The summed E-state index contributed by atoms with van der Waals surface area (Å²) in [4.78, 5) is 13.7. The summed E-state index contributed by atoms with van der Waals surface area (Å²) < 4.78 is 0.723. The number of para-hydroxylation sites is 2. The van der Waals surface area contributed by atoms with E-state index in [4.69, 9.17) is 5.26 Å². The highest BCUT2D eigenvalue weighted by Gasteiger charge is 2.23. The number of nitriles is 1. The molecule has 0 fully saturated rings. The van der Waals surface area contributed by atoms with E-state index in [2.05, 4.69) is 27.3 Å². The van der Waals surface area contributed by atoms with Gasteiger partial charge in [-0.2, -0.15) is 5.26 Å². The maximum absolute atomic E-state index is 11.8. The molecule has 0 aromatic heterocycles. The van der Waals surface area contributed by atoms with Crippen molar-refractivity contribution in [1.29, 1.82) is 5.26 Å². The van der Waals surface area contributed by atoms with Gasteiger partial charge < -0.3 is 10.2 Å². The molecule has 98 valence electrons. The van der Waals surface area contributed by atoms with E-state index >= 15 is 0 Å². The van der Waals surface area contributed by atoms with Crippen LogP contribution in [0, 0.1) is 11.3 Å². The van der Waals surface area contributed by atoms with Gasteiger partial charge in [-0.25, -0.2) is 0 Å². The van der Waals surface area contributed by atoms with Gasteiger partial charge in [-0.1, -0.05) is 12.1 Å². The topological polar surface area (TPSA) is 56.1 Å². The van der Waals surface area contributed by atoms with Crippen molar-refractivity contribution in [2.45, 2.75) is 0 Å². The lowest BCUT2D eigenvalue weighted by Gasteiger charge is -2.31. The number of hydrogen-bond acceptors (Lipinski definition) is 3. The molecular formula is C15H10BrN3O. The molecular weight excluding hydrogens is 318 g/mol. The van der Waals surface area contributed by atoms with Crippen molar-refractivity contribution in [3.63, 3.8) is 0 Å². The molecule has 0 aliphatic carbocycles. The molecule has 1 aliphatic heterocycles. The third-order valence-electron chi connectivity index (χ3n) is 3.16. The van der Waals surface area contributed by atoms with E-state index in [0.29, 0.717) is 5.56 Å². The zero-order chi connectivity index (χ0) is 14.1. The highest BCUT2D eigenvalue weighted by molar-refractivity contribution is 9.10. The Balaban J connectivity index is 2.09. The molecule has 5 heteroatoms.